The molecule has 24 heavy (non-hydrogen) atoms. The maximum atomic E-state index is 14.0. The second kappa shape index (κ2) is 5.91. The van der Waals surface area contributed by atoms with Crippen LogP contribution in [0.3, 0.4) is 0 Å². The average Bonchev–Trinajstić information content (AvgIpc) is 2.75. The first-order chi connectivity index (χ1) is 11.3. The van der Waals surface area contributed by atoms with Crippen molar-refractivity contribution in [3.8, 4) is 0 Å². The fraction of sp³-hybridized carbons (Fsp3) is 0.222. The SMILES string of the molecule is Cc1ccc([C@]2(C)NC(=O)N(Cc3c(F)cccc3Cl)C2=O)cc1. The molecule has 1 N–H and O–H groups in total. The maximum Gasteiger partial charge on any atom is 0.325 e. The average molecular weight is 347 g/mol. The number of hydrogen-bond donors (Lipinski definition) is 1. The predicted molar refractivity (Wildman–Crippen MR) is 89.0 cm³/mol. The standard InChI is InChI=1S/C18H16ClFN2O2/c1-11-6-8-12(9-7-11)18(2)16(23)22(17(24)21-18)10-13-14(19)4-3-5-15(13)20/h3-9H,10H2,1-2H3,(H,21,24)/t18-/m0/s1. The van der Waals surface area contributed by atoms with E-state index in [2.05, 4.69) is 5.32 Å². The summed E-state index contributed by atoms with van der Waals surface area (Å²) in [6.07, 6.45) is 0. The highest BCUT2D eigenvalue weighted by molar-refractivity contribution is 6.31. The Balaban J connectivity index is 1.93. The molecule has 2 aromatic rings. The Morgan fingerprint density at radius 3 is 2.46 bits per heavy atom. The lowest BCUT2D eigenvalue weighted by Gasteiger charge is -2.22. The van der Waals surface area contributed by atoms with E-state index in [1.807, 2.05) is 19.1 Å². The molecule has 0 radical (unpaired) electrons. The Labute approximate surface area is 144 Å². The largest absolute Gasteiger partial charge is 0.325 e. The van der Waals surface area contributed by atoms with E-state index in [1.54, 1.807) is 19.1 Å². The number of rotatable bonds is 3. The van der Waals surface area contributed by atoms with Crippen LogP contribution in [0.2, 0.25) is 5.02 Å². The number of nitrogens with one attached hydrogen (secondary N) is 1. The van der Waals surface area contributed by atoms with E-state index in [-0.39, 0.29) is 17.1 Å². The first-order valence-electron chi connectivity index (χ1n) is 7.47. The van der Waals surface area contributed by atoms with Crippen molar-refractivity contribution in [2.24, 2.45) is 0 Å². The highest BCUT2D eigenvalue weighted by Crippen LogP contribution is 2.31. The molecular formula is C18H16ClFN2O2. The summed E-state index contributed by atoms with van der Waals surface area (Å²) >= 11 is 6.00. The van der Waals surface area contributed by atoms with Crippen LogP contribution >= 0.6 is 11.6 Å². The quantitative estimate of drug-likeness (QED) is 0.860. The van der Waals surface area contributed by atoms with Gasteiger partial charge in [-0.25, -0.2) is 9.18 Å². The van der Waals surface area contributed by atoms with Gasteiger partial charge in [-0.05, 0) is 31.5 Å². The van der Waals surface area contributed by atoms with Crippen molar-refractivity contribution in [1.82, 2.24) is 10.2 Å². The van der Waals surface area contributed by atoms with Gasteiger partial charge in [-0.2, -0.15) is 0 Å². The Morgan fingerprint density at radius 2 is 1.83 bits per heavy atom. The smallest absolute Gasteiger partial charge is 0.319 e. The van der Waals surface area contributed by atoms with Gasteiger partial charge in [0.25, 0.3) is 5.91 Å². The fourth-order valence-electron chi connectivity index (χ4n) is 2.76. The number of hydrogen-bond acceptors (Lipinski definition) is 2. The third-order valence-corrected chi connectivity index (χ3v) is 4.64. The number of halogens is 2. The number of imide groups is 1. The Bertz CT molecular complexity index is 802. The van der Waals surface area contributed by atoms with Crippen LogP contribution in [0.5, 0.6) is 0 Å². The Hall–Kier alpha value is -2.40. The van der Waals surface area contributed by atoms with Crippen LogP contribution in [0.15, 0.2) is 42.5 Å². The summed E-state index contributed by atoms with van der Waals surface area (Å²) in [4.78, 5) is 26.1. The summed E-state index contributed by atoms with van der Waals surface area (Å²) in [5.41, 5.74) is 0.668. The van der Waals surface area contributed by atoms with E-state index < -0.39 is 23.3 Å². The van der Waals surface area contributed by atoms with Crippen LogP contribution < -0.4 is 5.32 Å². The van der Waals surface area contributed by atoms with E-state index in [0.717, 1.165) is 10.5 Å². The van der Waals surface area contributed by atoms with Gasteiger partial charge >= 0.3 is 6.03 Å². The molecule has 0 aliphatic carbocycles. The molecule has 1 aliphatic rings. The lowest BCUT2D eigenvalue weighted by Crippen LogP contribution is -2.40. The van der Waals surface area contributed by atoms with Gasteiger partial charge in [0.05, 0.1) is 6.54 Å². The zero-order valence-corrected chi connectivity index (χ0v) is 14.0. The summed E-state index contributed by atoms with van der Waals surface area (Å²) in [5.74, 6) is -0.984. The van der Waals surface area contributed by atoms with Gasteiger partial charge in [-0.15, -0.1) is 0 Å². The lowest BCUT2D eigenvalue weighted by molar-refractivity contribution is -0.131. The van der Waals surface area contributed by atoms with Crippen LogP contribution in [0.1, 0.15) is 23.6 Å². The van der Waals surface area contributed by atoms with Gasteiger partial charge in [0, 0.05) is 10.6 Å². The Morgan fingerprint density at radius 1 is 1.17 bits per heavy atom. The predicted octanol–water partition coefficient (Wildman–Crippen LogP) is 3.75. The van der Waals surface area contributed by atoms with Gasteiger partial charge < -0.3 is 5.32 Å². The van der Waals surface area contributed by atoms with Crippen LogP contribution in [0.4, 0.5) is 9.18 Å². The van der Waals surface area contributed by atoms with E-state index >= 15 is 0 Å². The summed E-state index contributed by atoms with van der Waals surface area (Å²) in [6.45, 7) is 3.37. The lowest BCUT2D eigenvalue weighted by atomic mass is 9.91. The summed E-state index contributed by atoms with van der Waals surface area (Å²) < 4.78 is 14.0. The van der Waals surface area contributed by atoms with Crippen LogP contribution in [0.25, 0.3) is 0 Å². The fourth-order valence-corrected chi connectivity index (χ4v) is 2.99. The molecule has 3 amide bonds. The molecule has 0 spiro atoms. The number of aryl methyl sites for hydroxylation is 1. The molecule has 1 fully saturated rings. The van der Waals surface area contributed by atoms with E-state index in [4.69, 9.17) is 11.6 Å². The number of benzene rings is 2. The summed E-state index contributed by atoms with van der Waals surface area (Å²) in [5, 5.41) is 2.88. The number of amides is 3. The maximum absolute atomic E-state index is 14.0. The minimum Gasteiger partial charge on any atom is -0.319 e. The zero-order valence-electron chi connectivity index (χ0n) is 13.3. The number of carbonyl (C=O) groups is 2. The topological polar surface area (TPSA) is 49.4 Å². The van der Waals surface area contributed by atoms with Crippen LogP contribution in [0, 0.1) is 12.7 Å². The summed E-state index contributed by atoms with van der Waals surface area (Å²) in [7, 11) is 0. The van der Waals surface area contributed by atoms with Gasteiger partial charge in [0.2, 0.25) is 0 Å². The molecule has 1 saturated heterocycles. The monoisotopic (exact) mass is 346 g/mol. The van der Waals surface area contributed by atoms with Crippen LogP contribution in [-0.4, -0.2) is 16.8 Å². The molecule has 124 valence electrons. The highest BCUT2D eigenvalue weighted by atomic mass is 35.5. The molecule has 4 nitrogen and oxygen atoms in total. The zero-order chi connectivity index (χ0) is 17.5. The molecule has 0 bridgehead atoms. The van der Waals surface area contributed by atoms with Crippen molar-refractivity contribution in [3.63, 3.8) is 0 Å². The third-order valence-electron chi connectivity index (χ3n) is 4.28. The first kappa shape index (κ1) is 16.5. The van der Waals surface area contributed by atoms with Crippen molar-refractivity contribution in [2.45, 2.75) is 25.9 Å². The molecule has 1 heterocycles. The van der Waals surface area contributed by atoms with Crippen molar-refractivity contribution >= 4 is 23.5 Å². The molecule has 0 saturated carbocycles. The number of nitrogens with zero attached hydrogens (tertiary/aromatic N) is 1. The second-order valence-corrected chi connectivity index (χ2v) is 6.42. The normalized spacial score (nSPS) is 20.4. The van der Waals surface area contributed by atoms with Gasteiger partial charge in [-0.1, -0.05) is 47.5 Å². The number of carbonyl (C=O) groups excluding carboxylic acids is 2. The molecule has 6 heteroatoms. The highest BCUT2D eigenvalue weighted by Gasteiger charge is 2.49. The minimum atomic E-state index is -1.18. The second-order valence-electron chi connectivity index (χ2n) is 6.01. The molecule has 1 atom stereocenters. The van der Waals surface area contributed by atoms with E-state index in [0.29, 0.717) is 5.56 Å². The molecular weight excluding hydrogens is 331 g/mol. The van der Waals surface area contributed by atoms with E-state index in [9.17, 15) is 14.0 Å². The first-order valence-corrected chi connectivity index (χ1v) is 7.85. The molecule has 2 aromatic carbocycles. The number of urea groups is 1. The van der Waals surface area contributed by atoms with Crippen LogP contribution in [-0.2, 0) is 16.9 Å². The van der Waals surface area contributed by atoms with Crippen molar-refractivity contribution in [2.75, 3.05) is 0 Å². The van der Waals surface area contributed by atoms with Crippen molar-refractivity contribution in [1.29, 1.82) is 0 Å². The van der Waals surface area contributed by atoms with Gasteiger partial charge in [-0.3, -0.25) is 9.69 Å². The van der Waals surface area contributed by atoms with Crippen molar-refractivity contribution < 1.29 is 14.0 Å². The molecule has 3 rings (SSSR count). The molecule has 1 aliphatic heterocycles. The minimum absolute atomic E-state index is 0.121. The van der Waals surface area contributed by atoms with E-state index in [1.165, 1.54) is 18.2 Å². The Kier molecular flexibility index (Phi) is 4.05. The van der Waals surface area contributed by atoms with Gasteiger partial charge in [0.1, 0.15) is 11.4 Å². The third kappa shape index (κ3) is 2.65. The molecule has 0 unspecified atom stereocenters. The van der Waals surface area contributed by atoms with Crippen molar-refractivity contribution in [3.05, 3.63) is 70.0 Å². The van der Waals surface area contributed by atoms with Gasteiger partial charge in [0.15, 0.2) is 0 Å². The molecule has 0 aromatic heterocycles. The summed E-state index contributed by atoms with van der Waals surface area (Å²) in [6, 6.07) is 11.0.